The zero-order chi connectivity index (χ0) is 23.1. The molecule has 34 heavy (non-hydrogen) atoms. The maximum Gasteiger partial charge on any atom is 0.187 e. The van der Waals surface area contributed by atoms with Crippen LogP contribution in [0.25, 0.3) is 59.8 Å². The minimum atomic E-state index is 0.603. The van der Waals surface area contributed by atoms with E-state index in [1.807, 2.05) is 42.5 Å². The molecule has 0 aliphatic heterocycles. The normalized spacial score (nSPS) is 10.9. The van der Waals surface area contributed by atoms with Crippen LogP contribution in [0.5, 0.6) is 0 Å². The van der Waals surface area contributed by atoms with Crippen molar-refractivity contribution < 1.29 is 0 Å². The first-order valence-corrected chi connectivity index (χ1v) is 10.8. The lowest BCUT2D eigenvalue weighted by Crippen LogP contribution is -1.90. The van der Waals surface area contributed by atoms with E-state index in [2.05, 4.69) is 58.4 Å². The highest BCUT2D eigenvalue weighted by molar-refractivity contribution is 6.12. The topological polar surface area (TPSA) is 53.9 Å². The molecule has 6 rings (SSSR count). The summed E-state index contributed by atoms with van der Waals surface area (Å²) in [5, 5.41) is 12.0. The van der Waals surface area contributed by atoms with Gasteiger partial charge in [0.15, 0.2) is 5.69 Å². The number of benzene rings is 4. The molecule has 4 nitrogen and oxygen atoms in total. The van der Waals surface area contributed by atoms with Crippen LogP contribution in [0.2, 0.25) is 0 Å². The molecule has 0 aliphatic rings. The smallest absolute Gasteiger partial charge is 0.187 e. The summed E-state index contributed by atoms with van der Waals surface area (Å²) in [6.45, 7) is 7.32. The van der Waals surface area contributed by atoms with E-state index in [1.165, 1.54) is 0 Å². The van der Waals surface area contributed by atoms with E-state index >= 15 is 0 Å². The van der Waals surface area contributed by atoms with E-state index in [-0.39, 0.29) is 0 Å². The molecular formula is C30H16N4. The fourth-order valence-electron chi connectivity index (χ4n) is 4.41. The third-order valence-corrected chi connectivity index (χ3v) is 6.12. The third-order valence-electron chi connectivity index (χ3n) is 6.12. The highest BCUT2D eigenvalue weighted by Gasteiger charge is 2.12. The summed E-state index contributed by atoms with van der Waals surface area (Å²) in [6.07, 6.45) is 1.80. The second kappa shape index (κ2) is 7.81. The zero-order valence-corrected chi connectivity index (χ0v) is 18.0. The molecule has 0 N–H and O–H groups in total. The van der Waals surface area contributed by atoms with Crippen LogP contribution in [0.1, 0.15) is 5.56 Å². The Kier molecular flexibility index (Phi) is 4.51. The predicted octanol–water partition coefficient (Wildman–Crippen LogP) is 7.69. The molecule has 0 radical (unpaired) electrons. The van der Waals surface area contributed by atoms with Gasteiger partial charge in [-0.25, -0.2) is 9.83 Å². The summed E-state index contributed by atoms with van der Waals surface area (Å²) >= 11 is 0. The van der Waals surface area contributed by atoms with Crippen molar-refractivity contribution in [1.82, 2.24) is 9.97 Å². The summed E-state index contributed by atoms with van der Waals surface area (Å²) in [5.74, 6) is 0. The number of pyridine rings is 2. The van der Waals surface area contributed by atoms with Crippen molar-refractivity contribution in [2.75, 3.05) is 0 Å². The maximum absolute atomic E-state index is 9.04. The highest BCUT2D eigenvalue weighted by Crippen LogP contribution is 2.35. The number of nitriles is 1. The Morgan fingerprint density at radius 3 is 2.21 bits per heavy atom. The first-order valence-electron chi connectivity index (χ1n) is 10.8. The van der Waals surface area contributed by atoms with E-state index in [1.54, 1.807) is 12.3 Å². The number of hydrogen-bond acceptors (Lipinski definition) is 3. The minimum Gasteiger partial charge on any atom is -0.254 e. The van der Waals surface area contributed by atoms with Crippen LogP contribution in [0.3, 0.4) is 0 Å². The van der Waals surface area contributed by atoms with Crippen LogP contribution >= 0.6 is 0 Å². The van der Waals surface area contributed by atoms with E-state index in [0.29, 0.717) is 11.3 Å². The van der Waals surface area contributed by atoms with Gasteiger partial charge in [0, 0.05) is 17.0 Å². The number of nitrogens with zero attached hydrogens (tertiary/aromatic N) is 4. The number of rotatable bonds is 2. The average molecular weight is 432 g/mol. The van der Waals surface area contributed by atoms with E-state index in [0.717, 1.165) is 55.0 Å². The molecule has 6 aromatic rings. The van der Waals surface area contributed by atoms with Crippen molar-refractivity contribution in [3.63, 3.8) is 0 Å². The Bertz CT molecular complexity index is 1800. The van der Waals surface area contributed by atoms with Crippen LogP contribution in [0.15, 0.2) is 97.2 Å². The Balaban J connectivity index is 1.53. The van der Waals surface area contributed by atoms with Crippen molar-refractivity contribution in [3.8, 4) is 28.3 Å². The zero-order valence-electron chi connectivity index (χ0n) is 18.0. The molecule has 4 heteroatoms. The van der Waals surface area contributed by atoms with Gasteiger partial charge >= 0.3 is 0 Å². The fourth-order valence-corrected chi connectivity index (χ4v) is 4.41. The predicted molar refractivity (Wildman–Crippen MR) is 136 cm³/mol. The van der Waals surface area contributed by atoms with Gasteiger partial charge < -0.3 is 0 Å². The highest BCUT2D eigenvalue weighted by atomic mass is 14.7. The number of fused-ring (bicyclic) bond motifs is 4. The number of hydrogen-bond donors (Lipinski definition) is 0. The van der Waals surface area contributed by atoms with E-state index < -0.39 is 0 Å². The molecule has 0 atom stereocenters. The van der Waals surface area contributed by atoms with Gasteiger partial charge in [-0.15, -0.1) is 0 Å². The van der Waals surface area contributed by atoms with Gasteiger partial charge in [-0.3, -0.25) is 4.98 Å². The lowest BCUT2D eigenvalue weighted by molar-refractivity contribution is 1.40. The van der Waals surface area contributed by atoms with E-state index in [9.17, 15) is 0 Å². The van der Waals surface area contributed by atoms with Crippen LogP contribution in [0.4, 0.5) is 5.69 Å². The molecule has 0 aliphatic carbocycles. The summed E-state index contributed by atoms with van der Waals surface area (Å²) in [7, 11) is 0. The van der Waals surface area contributed by atoms with E-state index in [4.69, 9.17) is 16.8 Å². The molecule has 0 saturated carbocycles. The Hall–Kier alpha value is -5.06. The lowest BCUT2D eigenvalue weighted by atomic mass is 9.95. The van der Waals surface area contributed by atoms with Crippen molar-refractivity contribution in [2.45, 2.75) is 0 Å². The van der Waals surface area contributed by atoms with Gasteiger partial charge in [0.05, 0.1) is 34.8 Å². The largest absolute Gasteiger partial charge is 0.254 e. The Morgan fingerprint density at radius 2 is 1.47 bits per heavy atom. The molecule has 2 aromatic heterocycles. The van der Waals surface area contributed by atoms with Crippen molar-refractivity contribution in [2.24, 2.45) is 0 Å². The molecule has 0 amide bonds. The van der Waals surface area contributed by atoms with Crippen LogP contribution in [0, 0.1) is 17.9 Å². The lowest BCUT2D eigenvalue weighted by Gasteiger charge is -2.12. The summed E-state index contributed by atoms with van der Waals surface area (Å²) < 4.78 is 0. The molecular weight excluding hydrogens is 416 g/mol. The second-order valence-electron chi connectivity index (χ2n) is 8.14. The van der Waals surface area contributed by atoms with Crippen molar-refractivity contribution in [1.29, 1.82) is 5.26 Å². The maximum atomic E-state index is 9.04. The summed E-state index contributed by atoms with van der Waals surface area (Å²) in [4.78, 5) is 13.1. The Labute approximate surface area is 196 Å². The SMILES string of the molecule is [C-]#[N+]c1ccc2nc3c(cc(-c4ccc(-c5ccc(C#N)cc5)cc4)c4cccnc43)cc2c1. The van der Waals surface area contributed by atoms with Crippen LogP contribution < -0.4 is 0 Å². The standard InChI is InChI=1S/C30H16N4/c1-32-25-12-13-28-23(16-25)15-24-17-27(26-3-2-14-33-30(26)29(24)34-28)22-10-8-21(9-11-22)20-6-4-19(18-31)5-7-20/h2-17H. The molecule has 0 bridgehead atoms. The van der Waals surface area contributed by atoms with Crippen molar-refractivity contribution in [3.05, 3.63) is 114 Å². The molecule has 0 spiro atoms. The molecule has 0 unspecified atom stereocenters. The molecule has 156 valence electrons. The molecule has 0 saturated heterocycles. The molecule has 2 heterocycles. The third kappa shape index (κ3) is 3.23. The second-order valence-corrected chi connectivity index (χ2v) is 8.14. The van der Waals surface area contributed by atoms with Gasteiger partial charge in [0.1, 0.15) is 0 Å². The summed E-state index contributed by atoms with van der Waals surface area (Å²) in [6, 6.07) is 32.1. The van der Waals surface area contributed by atoms with Gasteiger partial charge in [0.2, 0.25) is 0 Å². The van der Waals surface area contributed by atoms with Crippen LogP contribution in [-0.4, -0.2) is 9.97 Å². The van der Waals surface area contributed by atoms with Gasteiger partial charge in [-0.05, 0) is 70.1 Å². The van der Waals surface area contributed by atoms with Crippen molar-refractivity contribution >= 4 is 38.4 Å². The minimum absolute atomic E-state index is 0.603. The van der Waals surface area contributed by atoms with Gasteiger partial charge in [-0.1, -0.05) is 48.5 Å². The number of aromatic nitrogens is 2. The average Bonchev–Trinajstić information content (AvgIpc) is 2.91. The van der Waals surface area contributed by atoms with Gasteiger partial charge in [-0.2, -0.15) is 5.26 Å². The quantitative estimate of drug-likeness (QED) is 0.160. The van der Waals surface area contributed by atoms with Crippen LogP contribution in [-0.2, 0) is 0 Å². The first-order chi connectivity index (χ1) is 16.7. The Morgan fingerprint density at radius 1 is 0.735 bits per heavy atom. The molecule has 4 aromatic carbocycles. The molecule has 0 fully saturated rings. The first kappa shape index (κ1) is 19.6. The monoisotopic (exact) mass is 432 g/mol. The van der Waals surface area contributed by atoms with Gasteiger partial charge in [0.25, 0.3) is 0 Å². The summed E-state index contributed by atoms with van der Waals surface area (Å²) in [5.41, 5.74) is 8.17. The fraction of sp³-hybridized carbons (Fsp3) is 0.